The fourth-order valence-electron chi connectivity index (χ4n) is 2.72. The highest BCUT2D eigenvalue weighted by molar-refractivity contribution is 6.31. The number of carbonyl (C=O) groups is 2. The lowest BCUT2D eigenvalue weighted by Crippen LogP contribution is -2.44. The molecule has 31 heavy (non-hydrogen) atoms. The fourth-order valence-corrected chi connectivity index (χ4v) is 3.01. The standard InChI is InChI=1S/C21H20Cl2FN3O4/c1-12(6-7-25-20(28)11-30-14-3-4-15(23)16(24)9-14)27-21(29)19-10-26-17-8-13(22)2-5-18(17)31-19/h2-5,8-9,19,26H,1,6-7,10-11H2,(H,25,28)(H,27,29). The van der Waals surface area contributed by atoms with E-state index >= 15 is 0 Å². The van der Waals surface area contributed by atoms with Gasteiger partial charge in [-0.15, -0.1) is 0 Å². The Bertz CT molecular complexity index is 1000. The predicted molar refractivity (Wildman–Crippen MR) is 116 cm³/mol. The molecule has 0 saturated heterocycles. The Kier molecular flexibility index (Phi) is 7.59. The topological polar surface area (TPSA) is 88.7 Å². The van der Waals surface area contributed by atoms with E-state index < -0.39 is 17.8 Å². The number of ether oxygens (including phenoxy) is 2. The molecular weight excluding hydrogens is 448 g/mol. The smallest absolute Gasteiger partial charge is 0.267 e. The molecule has 1 atom stereocenters. The molecule has 0 aromatic heterocycles. The highest BCUT2D eigenvalue weighted by Crippen LogP contribution is 2.31. The first-order valence-corrected chi connectivity index (χ1v) is 10.1. The summed E-state index contributed by atoms with van der Waals surface area (Å²) in [6, 6.07) is 9.00. The molecule has 1 unspecified atom stereocenters. The van der Waals surface area contributed by atoms with E-state index in [1.165, 1.54) is 12.1 Å². The molecule has 3 rings (SSSR count). The SMILES string of the molecule is C=C(CCNC(=O)COc1ccc(Cl)c(F)c1)NC(=O)C1CNc2cc(Cl)ccc2O1. The van der Waals surface area contributed by atoms with Crippen molar-refractivity contribution in [3.8, 4) is 11.5 Å². The molecule has 10 heteroatoms. The summed E-state index contributed by atoms with van der Waals surface area (Å²) in [5.41, 5.74) is 1.15. The van der Waals surface area contributed by atoms with Crippen LogP contribution in [0.1, 0.15) is 6.42 Å². The van der Waals surface area contributed by atoms with Crippen LogP contribution < -0.4 is 25.4 Å². The molecule has 164 valence electrons. The zero-order valence-corrected chi connectivity index (χ0v) is 17.9. The van der Waals surface area contributed by atoms with Gasteiger partial charge in [0.15, 0.2) is 12.7 Å². The molecule has 0 bridgehead atoms. The molecule has 7 nitrogen and oxygen atoms in total. The third-order valence-electron chi connectivity index (χ3n) is 4.29. The third kappa shape index (κ3) is 6.50. The van der Waals surface area contributed by atoms with E-state index in [0.29, 0.717) is 22.9 Å². The molecule has 1 aliphatic heterocycles. The second-order valence-electron chi connectivity index (χ2n) is 6.69. The quantitative estimate of drug-likeness (QED) is 0.552. The van der Waals surface area contributed by atoms with Crippen LogP contribution in [-0.4, -0.2) is 37.6 Å². The number of hydrogen-bond acceptors (Lipinski definition) is 5. The molecule has 2 aromatic carbocycles. The molecule has 0 saturated carbocycles. The van der Waals surface area contributed by atoms with Gasteiger partial charge >= 0.3 is 0 Å². The van der Waals surface area contributed by atoms with Crippen LogP contribution >= 0.6 is 23.2 Å². The number of fused-ring (bicyclic) bond motifs is 1. The Morgan fingerprint density at radius 1 is 1.26 bits per heavy atom. The maximum atomic E-state index is 13.3. The first-order chi connectivity index (χ1) is 14.8. The lowest BCUT2D eigenvalue weighted by atomic mass is 10.2. The van der Waals surface area contributed by atoms with Crippen LogP contribution in [0.4, 0.5) is 10.1 Å². The Morgan fingerprint density at radius 3 is 2.84 bits per heavy atom. The fraction of sp³-hybridized carbons (Fsp3) is 0.238. The lowest BCUT2D eigenvalue weighted by molar-refractivity contribution is -0.126. The summed E-state index contributed by atoms with van der Waals surface area (Å²) in [7, 11) is 0. The zero-order chi connectivity index (χ0) is 22.4. The van der Waals surface area contributed by atoms with Gasteiger partial charge in [0, 0.05) is 29.8 Å². The molecule has 3 N–H and O–H groups in total. The molecule has 0 spiro atoms. The first kappa shape index (κ1) is 22.7. The molecule has 2 amide bonds. The average Bonchev–Trinajstić information content (AvgIpc) is 2.74. The van der Waals surface area contributed by atoms with Crippen LogP contribution in [0.3, 0.4) is 0 Å². The van der Waals surface area contributed by atoms with Gasteiger partial charge in [-0.05, 0) is 30.3 Å². The van der Waals surface area contributed by atoms with E-state index in [4.69, 9.17) is 32.7 Å². The lowest BCUT2D eigenvalue weighted by Gasteiger charge is -2.27. The highest BCUT2D eigenvalue weighted by Gasteiger charge is 2.26. The minimum Gasteiger partial charge on any atom is -0.484 e. The van der Waals surface area contributed by atoms with Crippen molar-refractivity contribution in [1.29, 1.82) is 0 Å². The van der Waals surface area contributed by atoms with Crippen LogP contribution in [0.15, 0.2) is 48.7 Å². The number of nitrogens with one attached hydrogen (secondary N) is 3. The molecular formula is C21H20Cl2FN3O4. The van der Waals surface area contributed by atoms with Crippen molar-refractivity contribution in [2.75, 3.05) is 25.0 Å². The van der Waals surface area contributed by atoms with E-state index in [1.54, 1.807) is 18.2 Å². The zero-order valence-electron chi connectivity index (χ0n) is 16.3. The largest absolute Gasteiger partial charge is 0.484 e. The predicted octanol–water partition coefficient (Wildman–Crippen LogP) is 3.52. The minimum atomic E-state index is -0.729. The van der Waals surface area contributed by atoms with E-state index in [9.17, 15) is 14.0 Å². The third-order valence-corrected chi connectivity index (χ3v) is 4.83. The Hall–Kier alpha value is -2.97. The number of benzene rings is 2. The summed E-state index contributed by atoms with van der Waals surface area (Å²) < 4.78 is 24.2. The van der Waals surface area contributed by atoms with Gasteiger partial charge < -0.3 is 25.4 Å². The van der Waals surface area contributed by atoms with Crippen molar-refractivity contribution >= 4 is 40.7 Å². The van der Waals surface area contributed by atoms with Gasteiger partial charge in [-0.1, -0.05) is 29.8 Å². The van der Waals surface area contributed by atoms with E-state index in [-0.39, 0.29) is 36.4 Å². The van der Waals surface area contributed by atoms with E-state index in [2.05, 4.69) is 22.5 Å². The van der Waals surface area contributed by atoms with Crippen molar-refractivity contribution in [2.45, 2.75) is 12.5 Å². The summed E-state index contributed by atoms with van der Waals surface area (Å²) in [5.74, 6) is -0.647. The average molecular weight is 468 g/mol. The van der Waals surface area contributed by atoms with Crippen LogP contribution in [0.5, 0.6) is 11.5 Å². The summed E-state index contributed by atoms with van der Waals surface area (Å²) >= 11 is 11.5. The maximum Gasteiger partial charge on any atom is 0.267 e. The number of amides is 2. The molecule has 0 aliphatic carbocycles. The van der Waals surface area contributed by atoms with Gasteiger partial charge in [0.05, 0.1) is 17.3 Å². The molecule has 1 aliphatic rings. The van der Waals surface area contributed by atoms with Crippen molar-refractivity contribution in [2.24, 2.45) is 0 Å². The van der Waals surface area contributed by atoms with Crippen molar-refractivity contribution in [1.82, 2.24) is 10.6 Å². The number of halogens is 3. The van der Waals surface area contributed by atoms with Crippen LogP contribution in [0.2, 0.25) is 10.0 Å². The van der Waals surface area contributed by atoms with Crippen LogP contribution in [0.25, 0.3) is 0 Å². The van der Waals surface area contributed by atoms with Crippen LogP contribution in [-0.2, 0) is 9.59 Å². The van der Waals surface area contributed by atoms with Crippen molar-refractivity contribution in [3.05, 3.63) is 64.5 Å². The molecule has 0 fully saturated rings. The number of carbonyl (C=O) groups excluding carboxylic acids is 2. The van der Waals surface area contributed by atoms with Gasteiger partial charge in [-0.25, -0.2) is 4.39 Å². The minimum absolute atomic E-state index is 0.0274. The van der Waals surface area contributed by atoms with Crippen molar-refractivity contribution in [3.63, 3.8) is 0 Å². The Labute approximate surface area is 188 Å². The van der Waals surface area contributed by atoms with Gasteiger partial charge in [0.25, 0.3) is 11.8 Å². The number of anilines is 1. The molecule has 2 aromatic rings. The number of hydrogen-bond donors (Lipinski definition) is 3. The first-order valence-electron chi connectivity index (χ1n) is 9.35. The summed E-state index contributed by atoms with van der Waals surface area (Å²) in [6.45, 7) is 4.03. The van der Waals surface area contributed by atoms with Crippen molar-refractivity contribution < 1.29 is 23.5 Å². The Balaban J connectivity index is 1.36. The van der Waals surface area contributed by atoms with Gasteiger partial charge in [-0.3, -0.25) is 9.59 Å². The van der Waals surface area contributed by atoms with Gasteiger partial charge in [0.2, 0.25) is 0 Å². The second kappa shape index (κ2) is 10.4. The van der Waals surface area contributed by atoms with E-state index in [0.717, 1.165) is 11.8 Å². The second-order valence-corrected chi connectivity index (χ2v) is 7.53. The Morgan fingerprint density at radius 2 is 2.06 bits per heavy atom. The maximum absolute atomic E-state index is 13.3. The highest BCUT2D eigenvalue weighted by atomic mass is 35.5. The van der Waals surface area contributed by atoms with Gasteiger partial charge in [-0.2, -0.15) is 0 Å². The van der Waals surface area contributed by atoms with Gasteiger partial charge in [0.1, 0.15) is 17.3 Å². The molecule has 0 radical (unpaired) electrons. The summed E-state index contributed by atoms with van der Waals surface area (Å²) in [6.07, 6.45) is -0.410. The monoisotopic (exact) mass is 467 g/mol. The molecule has 1 heterocycles. The summed E-state index contributed by atoms with van der Waals surface area (Å²) in [4.78, 5) is 24.2. The van der Waals surface area contributed by atoms with E-state index in [1.807, 2.05) is 0 Å². The summed E-state index contributed by atoms with van der Waals surface area (Å²) in [5, 5.41) is 8.94. The normalized spacial score (nSPS) is 14.5. The number of rotatable bonds is 8. The van der Waals surface area contributed by atoms with Crippen LogP contribution in [0, 0.1) is 5.82 Å².